The van der Waals surface area contributed by atoms with Crippen molar-refractivity contribution in [2.75, 3.05) is 13.7 Å². The molecule has 0 radical (unpaired) electrons. The standard InChI is InChI=1S/C18H28N2O/c1-14-5-3-4-10-20(14)13-15-6-7-16(18(11-15)21-2)12-19-17-8-9-17/h6-7,11,14,17,19H,3-5,8-10,12-13H2,1-2H3. The summed E-state index contributed by atoms with van der Waals surface area (Å²) in [5.74, 6) is 1.03. The van der Waals surface area contributed by atoms with E-state index in [1.165, 1.54) is 49.8 Å². The van der Waals surface area contributed by atoms with Gasteiger partial charge in [-0.15, -0.1) is 0 Å². The first-order valence-corrected chi connectivity index (χ1v) is 8.39. The minimum Gasteiger partial charge on any atom is -0.496 e. The summed E-state index contributed by atoms with van der Waals surface area (Å²) < 4.78 is 5.60. The number of piperidine rings is 1. The maximum Gasteiger partial charge on any atom is 0.123 e. The van der Waals surface area contributed by atoms with E-state index in [1.807, 2.05) is 0 Å². The fraction of sp³-hybridized carbons (Fsp3) is 0.667. The predicted molar refractivity (Wildman–Crippen MR) is 86.6 cm³/mol. The Morgan fingerprint density at radius 2 is 2.10 bits per heavy atom. The van der Waals surface area contributed by atoms with Crippen LogP contribution in [0.4, 0.5) is 0 Å². The smallest absolute Gasteiger partial charge is 0.123 e. The predicted octanol–water partition coefficient (Wildman–Crippen LogP) is 3.32. The highest BCUT2D eigenvalue weighted by Crippen LogP contribution is 2.25. The van der Waals surface area contributed by atoms with E-state index in [4.69, 9.17) is 4.74 Å². The third-order valence-corrected chi connectivity index (χ3v) is 4.84. The molecule has 3 nitrogen and oxygen atoms in total. The molecular formula is C18H28N2O. The van der Waals surface area contributed by atoms with Crippen molar-refractivity contribution >= 4 is 0 Å². The van der Waals surface area contributed by atoms with Crippen LogP contribution in [0.5, 0.6) is 5.75 Å². The number of benzene rings is 1. The van der Waals surface area contributed by atoms with Crippen LogP contribution in [0.3, 0.4) is 0 Å². The molecule has 0 bridgehead atoms. The van der Waals surface area contributed by atoms with Crippen molar-refractivity contribution in [3.63, 3.8) is 0 Å². The van der Waals surface area contributed by atoms with E-state index in [9.17, 15) is 0 Å². The van der Waals surface area contributed by atoms with Gasteiger partial charge in [-0.1, -0.05) is 18.6 Å². The third-order valence-electron chi connectivity index (χ3n) is 4.84. The highest BCUT2D eigenvalue weighted by Gasteiger charge is 2.21. The molecule has 1 heterocycles. The van der Waals surface area contributed by atoms with E-state index in [0.717, 1.165) is 24.9 Å². The van der Waals surface area contributed by atoms with Gasteiger partial charge in [0.05, 0.1) is 7.11 Å². The molecule has 1 aliphatic heterocycles. The Kier molecular flexibility index (Phi) is 4.81. The Balaban J connectivity index is 1.64. The van der Waals surface area contributed by atoms with E-state index in [-0.39, 0.29) is 0 Å². The zero-order valence-corrected chi connectivity index (χ0v) is 13.4. The number of likely N-dealkylation sites (tertiary alicyclic amines) is 1. The van der Waals surface area contributed by atoms with Crippen LogP contribution in [-0.2, 0) is 13.1 Å². The van der Waals surface area contributed by atoms with Gasteiger partial charge in [-0.2, -0.15) is 0 Å². The van der Waals surface area contributed by atoms with Gasteiger partial charge in [0.1, 0.15) is 5.75 Å². The van der Waals surface area contributed by atoms with Crippen LogP contribution < -0.4 is 10.1 Å². The van der Waals surface area contributed by atoms with Crippen LogP contribution in [0.15, 0.2) is 18.2 Å². The molecule has 1 aromatic carbocycles. The second kappa shape index (κ2) is 6.80. The van der Waals surface area contributed by atoms with Gasteiger partial charge in [-0.3, -0.25) is 4.90 Å². The summed E-state index contributed by atoms with van der Waals surface area (Å²) in [6.45, 7) is 5.56. The van der Waals surface area contributed by atoms with E-state index in [1.54, 1.807) is 7.11 Å². The van der Waals surface area contributed by atoms with Crippen LogP contribution in [0.1, 0.15) is 50.2 Å². The molecule has 1 aromatic rings. The zero-order chi connectivity index (χ0) is 14.7. The molecule has 1 atom stereocenters. The fourth-order valence-electron chi connectivity index (χ4n) is 3.20. The van der Waals surface area contributed by atoms with Crippen LogP contribution >= 0.6 is 0 Å². The molecule has 1 unspecified atom stereocenters. The number of ether oxygens (including phenoxy) is 1. The highest BCUT2D eigenvalue weighted by atomic mass is 16.5. The summed E-state index contributed by atoms with van der Waals surface area (Å²) in [6.07, 6.45) is 6.71. The normalized spacial score (nSPS) is 23.2. The molecule has 1 aliphatic carbocycles. The van der Waals surface area contributed by atoms with Crippen molar-refractivity contribution < 1.29 is 4.74 Å². The minimum atomic E-state index is 0.709. The van der Waals surface area contributed by atoms with E-state index in [0.29, 0.717) is 6.04 Å². The summed E-state index contributed by atoms with van der Waals surface area (Å²) in [5.41, 5.74) is 2.65. The largest absolute Gasteiger partial charge is 0.496 e. The van der Waals surface area contributed by atoms with Gasteiger partial charge in [0.25, 0.3) is 0 Å². The minimum absolute atomic E-state index is 0.709. The molecule has 0 aromatic heterocycles. The molecule has 1 saturated carbocycles. The first-order chi connectivity index (χ1) is 10.3. The van der Waals surface area contributed by atoms with Crippen molar-refractivity contribution in [1.29, 1.82) is 0 Å². The van der Waals surface area contributed by atoms with Crippen LogP contribution in [-0.4, -0.2) is 30.6 Å². The number of methoxy groups -OCH3 is 1. The summed E-state index contributed by atoms with van der Waals surface area (Å²) >= 11 is 0. The quantitative estimate of drug-likeness (QED) is 0.869. The summed E-state index contributed by atoms with van der Waals surface area (Å²) in [6, 6.07) is 8.18. The SMILES string of the molecule is COc1cc(CN2CCCCC2C)ccc1CNC1CC1. The lowest BCUT2D eigenvalue weighted by atomic mass is 10.0. The Morgan fingerprint density at radius 3 is 2.81 bits per heavy atom. The van der Waals surface area contributed by atoms with Crippen molar-refractivity contribution in [2.24, 2.45) is 0 Å². The molecule has 21 heavy (non-hydrogen) atoms. The van der Waals surface area contributed by atoms with Crippen LogP contribution in [0.2, 0.25) is 0 Å². The van der Waals surface area contributed by atoms with Crippen molar-refractivity contribution in [2.45, 2.75) is 64.2 Å². The first-order valence-electron chi connectivity index (χ1n) is 8.39. The second-order valence-corrected chi connectivity index (χ2v) is 6.62. The van der Waals surface area contributed by atoms with Gasteiger partial charge >= 0.3 is 0 Å². The lowest BCUT2D eigenvalue weighted by Crippen LogP contribution is -2.36. The molecule has 2 aliphatic rings. The molecule has 3 heteroatoms. The molecule has 3 rings (SSSR count). The molecule has 1 N–H and O–H groups in total. The molecule has 0 amide bonds. The Bertz CT molecular complexity index is 470. The van der Waals surface area contributed by atoms with Gasteiger partial charge in [-0.05, 0) is 50.8 Å². The Hall–Kier alpha value is -1.06. The summed E-state index contributed by atoms with van der Waals surface area (Å²) in [7, 11) is 1.78. The lowest BCUT2D eigenvalue weighted by Gasteiger charge is -2.33. The van der Waals surface area contributed by atoms with Crippen molar-refractivity contribution in [1.82, 2.24) is 10.2 Å². The average Bonchev–Trinajstić information content (AvgIpc) is 3.32. The monoisotopic (exact) mass is 288 g/mol. The van der Waals surface area contributed by atoms with E-state index >= 15 is 0 Å². The lowest BCUT2D eigenvalue weighted by molar-refractivity contribution is 0.152. The molecule has 0 spiro atoms. The number of nitrogens with zero attached hydrogens (tertiary/aromatic N) is 1. The molecular weight excluding hydrogens is 260 g/mol. The Morgan fingerprint density at radius 1 is 1.24 bits per heavy atom. The third kappa shape index (κ3) is 3.98. The van der Waals surface area contributed by atoms with Crippen LogP contribution in [0, 0.1) is 0 Å². The molecule has 2 fully saturated rings. The van der Waals surface area contributed by atoms with Gasteiger partial charge in [0.2, 0.25) is 0 Å². The molecule has 116 valence electrons. The average molecular weight is 288 g/mol. The van der Waals surface area contributed by atoms with Gasteiger partial charge in [0, 0.05) is 30.7 Å². The zero-order valence-electron chi connectivity index (χ0n) is 13.4. The second-order valence-electron chi connectivity index (χ2n) is 6.62. The maximum absolute atomic E-state index is 5.60. The maximum atomic E-state index is 5.60. The van der Waals surface area contributed by atoms with Gasteiger partial charge < -0.3 is 10.1 Å². The first kappa shape index (κ1) is 14.9. The van der Waals surface area contributed by atoms with Gasteiger partial charge in [0.15, 0.2) is 0 Å². The summed E-state index contributed by atoms with van der Waals surface area (Å²) in [5, 5.41) is 3.57. The fourth-order valence-corrected chi connectivity index (χ4v) is 3.20. The van der Waals surface area contributed by atoms with E-state index < -0.39 is 0 Å². The molecule has 1 saturated heterocycles. The number of rotatable bonds is 6. The Labute approximate surface area is 128 Å². The van der Waals surface area contributed by atoms with E-state index in [2.05, 4.69) is 35.3 Å². The summed E-state index contributed by atoms with van der Waals surface area (Å²) in [4.78, 5) is 2.60. The van der Waals surface area contributed by atoms with Gasteiger partial charge in [-0.25, -0.2) is 0 Å². The van der Waals surface area contributed by atoms with Crippen molar-refractivity contribution in [3.8, 4) is 5.75 Å². The topological polar surface area (TPSA) is 24.5 Å². The number of hydrogen-bond acceptors (Lipinski definition) is 3. The number of hydrogen-bond donors (Lipinski definition) is 1. The highest BCUT2D eigenvalue weighted by molar-refractivity contribution is 5.37. The number of nitrogens with one attached hydrogen (secondary N) is 1. The van der Waals surface area contributed by atoms with Crippen molar-refractivity contribution in [3.05, 3.63) is 29.3 Å². The van der Waals surface area contributed by atoms with Crippen LogP contribution in [0.25, 0.3) is 0 Å².